The van der Waals surface area contributed by atoms with E-state index in [4.69, 9.17) is 21.5 Å². The second kappa shape index (κ2) is 4.06. The van der Waals surface area contributed by atoms with Crippen LogP contribution >= 0.6 is 0 Å². The van der Waals surface area contributed by atoms with Crippen molar-refractivity contribution in [3.63, 3.8) is 0 Å². The first kappa shape index (κ1) is 7.84. The SMILES string of the molecule is [2H]OC1([2H])C=C[C@@]2([2H])[C@H]3Cc4ccc(OC([2H])([2H])[2H])c5c4[C@@]2(CCN3C)C1([2H])O5. The van der Waals surface area contributed by atoms with Crippen LogP contribution in [0.5, 0.6) is 11.5 Å². The molecule has 0 amide bonds. The van der Waals surface area contributed by atoms with Crippen LogP contribution in [0.15, 0.2) is 24.3 Å². The molecule has 2 aliphatic carbocycles. The highest BCUT2D eigenvalue weighted by Crippen LogP contribution is 2.62. The number of ether oxygens (including phenoxy) is 2. The van der Waals surface area contributed by atoms with Gasteiger partial charge in [-0.1, -0.05) is 18.2 Å². The maximum Gasteiger partial charge on any atom is 0.211 e. The van der Waals surface area contributed by atoms with Crippen LogP contribution in [-0.2, 0) is 11.8 Å². The zero-order valence-electron chi connectivity index (χ0n) is 19.2. The highest BCUT2D eigenvalue weighted by Gasteiger charge is 2.64. The molecular weight excluding hydrogens is 278 g/mol. The molecule has 1 spiro atoms. The molecule has 116 valence electrons. The minimum absolute atomic E-state index is 0.0498. The van der Waals surface area contributed by atoms with Gasteiger partial charge in [0.05, 0.1) is 13.9 Å². The van der Waals surface area contributed by atoms with Crippen molar-refractivity contribution in [1.82, 2.24) is 4.90 Å². The lowest BCUT2D eigenvalue weighted by atomic mass is 9.53. The molecule has 2 unspecified atom stereocenters. The number of aliphatic hydroxyl groups is 1. The van der Waals surface area contributed by atoms with E-state index < -0.39 is 30.5 Å². The van der Waals surface area contributed by atoms with E-state index in [9.17, 15) is 2.74 Å². The smallest absolute Gasteiger partial charge is 0.211 e. The lowest BCUT2D eigenvalue weighted by Gasteiger charge is -2.56. The number of piperidine rings is 1. The first-order chi connectivity index (χ1) is 13.4. The summed E-state index contributed by atoms with van der Waals surface area (Å²) in [4.78, 5) is 2.08. The van der Waals surface area contributed by atoms with Crippen LogP contribution in [0.3, 0.4) is 0 Å². The van der Waals surface area contributed by atoms with Crippen molar-refractivity contribution >= 4 is 0 Å². The third-order valence-corrected chi connectivity index (χ3v) is 5.61. The van der Waals surface area contributed by atoms with Gasteiger partial charge in [0.25, 0.3) is 0 Å². The Kier molecular flexibility index (Phi) is 1.45. The fraction of sp³-hybridized carbons (Fsp3) is 0.556. The van der Waals surface area contributed by atoms with Gasteiger partial charge in [-0.25, -0.2) is 0 Å². The van der Waals surface area contributed by atoms with E-state index in [0.717, 1.165) is 5.56 Å². The van der Waals surface area contributed by atoms with Gasteiger partial charge < -0.3 is 19.5 Å². The lowest BCUT2D eigenvalue weighted by Crippen LogP contribution is -2.64. The Morgan fingerprint density at radius 1 is 1.55 bits per heavy atom. The molecule has 1 N–H and O–H groups in total. The molecule has 4 nitrogen and oxygen atoms in total. The number of methoxy groups -OCH3 is 1. The minimum Gasteiger partial charge on any atom is -0.493 e. The molecule has 1 fully saturated rings. The Labute approximate surface area is 140 Å². The maximum atomic E-state index is 9.45. The van der Waals surface area contributed by atoms with Gasteiger partial charge in [0.2, 0.25) is 1.43 Å². The summed E-state index contributed by atoms with van der Waals surface area (Å²) >= 11 is 0. The fourth-order valence-electron chi connectivity index (χ4n) is 4.64. The second-order valence-corrected chi connectivity index (χ2v) is 6.47. The van der Waals surface area contributed by atoms with Gasteiger partial charge in [0, 0.05) is 24.3 Å². The summed E-state index contributed by atoms with van der Waals surface area (Å²) in [6.45, 7) is 0.570. The highest BCUT2D eigenvalue weighted by molar-refractivity contribution is 5.62. The minimum atomic E-state index is -2.72. The van der Waals surface area contributed by atoms with Gasteiger partial charge in [0.15, 0.2) is 11.5 Å². The largest absolute Gasteiger partial charge is 0.493 e. The molecule has 4 aliphatic rings. The van der Waals surface area contributed by atoms with Crippen LogP contribution in [0.4, 0.5) is 0 Å². The van der Waals surface area contributed by atoms with E-state index in [0.29, 0.717) is 24.9 Å². The molecular formula is C18H21NO3. The zero-order valence-corrected chi connectivity index (χ0v) is 12.2. The van der Waals surface area contributed by atoms with Gasteiger partial charge in [-0.05, 0) is 38.1 Å². The summed E-state index contributed by atoms with van der Waals surface area (Å²) in [6, 6.07) is 3.00. The standard InChI is InChI=1S/C18H21NO3/c1-19-8-7-18-11-4-5-13(20)17(18)22-16-14(21-2)6-3-10(15(16)18)9-12(11)19/h3-6,11-13,17,20H,7-9H2,1-2H3/t11-,12+,13?,17?,18-/m0/s1/i2D3,11D,13D,17D,20D. The molecule has 5 atom stereocenters. The first-order valence-corrected chi connectivity index (χ1v) is 7.52. The molecule has 0 aromatic heterocycles. The summed E-state index contributed by atoms with van der Waals surface area (Å²) < 4.78 is 68.5. The summed E-state index contributed by atoms with van der Waals surface area (Å²) in [7, 11) is -0.788. The average molecular weight is 306 g/mol. The number of rotatable bonds is 2. The molecule has 4 heteroatoms. The van der Waals surface area contributed by atoms with E-state index >= 15 is 0 Å². The van der Waals surface area contributed by atoms with Crippen molar-refractivity contribution in [3.8, 4) is 11.5 Å². The van der Waals surface area contributed by atoms with Crippen molar-refractivity contribution in [2.45, 2.75) is 36.5 Å². The first-order valence-electron chi connectivity index (χ1n) is 10.9. The molecule has 1 aromatic carbocycles. The number of benzene rings is 1. The van der Waals surface area contributed by atoms with Gasteiger partial charge in [-0.3, -0.25) is 0 Å². The molecule has 0 saturated carbocycles. The zero-order chi connectivity index (χ0) is 21.0. The van der Waals surface area contributed by atoms with E-state index in [2.05, 4.69) is 4.90 Å². The van der Waals surface area contributed by atoms with Gasteiger partial charge >= 0.3 is 0 Å². The Morgan fingerprint density at radius 3 is 3.36 bits per heavy atom. The summed E-state index contributed by atoms with van der Waals surface area (Å²) in [5.74, 6) is -1.28. The third-order valence-electron chi connectivity index (χ3n) is 5.61. The fourth-order valence-corrected chi connectivity index (χ4v) is 4.64. The van der Waals surface area contributed by atoms with Crippen molar-refractivity contribution < 1.29 is 22.8 Å². The van der Waals surface area contributed by atoms with Crippen molar-refractivity contribution in [3.05, 3.63) is 35.4 Å². The number of hydrogen-bond donors (Lipinski definition) is 1. The number of likely N-dealkylation sites (N-methyl/N-ethyl adjacent to an activating group) is 1. The highest BCUT2D eigenvalue weighted by atomic mass is 16.5. The van der Waals surface area contributed by atoms with Gasteiger partial charge in [-0.15, -0.1) is 0 Å². The Balaban J connectivity index is 1.85. The maximum absolute atomic E-state index is 9.45. The molecule has 0 radical (unpaired) electrons. The quantitative estimate of drug-likeness (QED) is 0.841. The Morgan fingerprint density at radius 2 is 2.50 bits per heavy atom. The van der Waals surface area contributed by atoms with Gasteiger partial charge in [0.1, 0.15) is 12.2 Å². The molecule has 22 heavy (non-hydrogen) atoms. The third kappa shape index (κ3) is 1.28. The summed E-state index contributed by atoms with van der Waals surface area (Å²) in [5.41, 5.74) is 0.0897. The van der Waals surface area contributed by atoms with E-state index in [1.165, 1.54) is 12.1 Å². The van der Waals surface area contributed by atoms with E-state index in [-0.39, 0.29) is 17.5 Å². The molecule has 5 rings (SSSR count). The number of hydrogen-bond acceptors (Lipinski definition) is 4. The lowest BCUT2D eigenvalue weighted by molar-refractivity contribution is -0.0453. The monoisotopic (exact) mass is 306 g/mol. The van der Waals surface area contributed by atoms with Crippen molar-refractivity contribution in [1.29, 1.82) is 1.43 Å². The molecule has 1 saturated heterocycles. The molecule has 2 aliphatic heterocycles. The second-order valence-electron chi connectivity index (χ2n) is 6.47. The summed E-state index contributed by atoms with van der Waals surface area (Å²) in [6.07, 6.45) is -0.661. The Bertz CT molecular complexity index is 939. The molecule has 2 bridgehead atoms. The van der Waals surface area contributed by atoms with Crippen LogP contribution in [0.2, 0.25) is 0 Å². The van der Waals surface area contributed by atoms with E-state index in [1.54, 1.807) is 12.1 Å². The average Bonchev–Trinajstić information content (AvgIpc) is 2.92. The van der Waals surface area contributed by atoms with Gasteiger partial charge in [-0.2, -0.15) is 0 Å². The predicted molar refractivity (Wildman–Crippen MR) is 82.5 cm³/mol. The van der Waals surface area contributed by atoms with Crippen LogP contribution in [-0.4, -0.2) is 50.3 Å². The summed E-state index contributed by atoms with van der Waals surface area (Å²) in [5, 5.41) is 4.71. The number of likely N-dealkylation sites (tertiary alicyclic amines) is 1. The van der Waals surface area contributed by atoms with Crippen LogP contribution < -0.4 is 9.47 Å². The van der Waals surface area contributed by atoms with E-state index in [1.807, 2.05) is 7.05 Å². The number of nitrogens with zero attached hydrogens (tertiary/aromatic N) is 1. The Hall–Kier alpha value is -1.52. The topological polar surface area (TPSA) is 41.9 Å². The normalized spacial score (nSPS) is 56.2. The molecule has 2 heterocycles. The van der Waals surface area contributed by atoms with Crippen LogP contribution in [0.25, 0.3) is 0 Å². The van der Waals surface area contributed by atoms with Crippen molar-refractivity contribution in [2.75, 3.05) is 20.6 Å². The predicted octanol–water partition coefficient (Wildman–Crippen LogP) is 1.50. The molecule has 1 aromatic rings. The van der Waals surface area contributed by atoms with Crippen LogP contribution in [0.1, 0.15) is 25.8 Å². The van der Waals surface area contributed by atoms with Crippen molar-refractivity contribution in [2.24, 2.45) is 5.89 Å². The van der Waals surface area contributed by atoms with Crippen LogP contribution in [0, 0.1) is 5.89 Å².